The maximum atomic E-state index is 11.6. The van der Waals surface area contributed by atoms with Crippen LogP contribution >= 0.6 is 11.8 Å². The number of carbonyl (C=O) groups is 2. The molecule has 1 fully saturated rings. The number of hydrogen-bond donors (Lipinski definition) is 2. The molecular formula is C9H16N2O3S. The van der Waals surface area contributed by atoms with E-state index in [1.165, 1.54) is 16.7 Å². The van der Waals surface area contributed by atoms with Gasteiger partial charge in [0, 0.05) is 18.7 Å². The highest BCUT2D eigenvalue weighted by molar-refractivity contribution is 7.99. The van der Waals surface area contributed by atoms with Gasteiger partial charge in [-0.15, -0.1) is 11.8 Å². The number of amides is 1. The molecule has 0 spiro atoms. The minimum Gasteiger partial charge on any atom is -0.480 e. The Bertz CT molecular complexity index is 248. The van der Waals surface area contributed by atoms with Crippen LogP contribution in [0.2, 0.25) is 0 Å². The van der Waals surface area contributed by atoms with Gasteiger partial charge in [0.05, 0.1) is 5.88 Å². The summed E-state index contributed by atoms with van der Waals surface area (Å²) in [4.78, 5) is 23.9. The number of rotatable bonds is 5. The smallest absolute Gasteiger partial charge is 0.327 e. The summed E-state index contributed by atoms with van der Waals surface area (Å²) >= 11 is 1.49. The van der Waals surface area contributed by atoms with Gasteiger partial charge in [0.1, 0.15) is 6.04 Å². The Kier molecular flexibility index (Phi) is 4.90. The first-order chi connectivity index (χ1) is 7.16. The highest BCUT2D eigenvalue weighted by atomic mass is 32.2. The van der Waals surface area contributed by atoms with Gasteiger partial charge < -0.3 is 15.3 Å². The molecule has 0 bridgehead atoms. The topological polar surface area (TPSA) is 69.6 Å². The van der Waals surface area contributed by atoms with Crippen molar-refractivity contribution in [2.75, 3.05) is 24.7 Å². The molecule has 0 aromatic heterocycles. The molecule has 15 heavy (non-hydrogen) atoms. The van der Waals surface area contributed by atoms with Crippen LogP contribution < -0.4 is 5.32 Å². The zero-order valence-electron chi connectivity index (χ0n) is 8.73. The fourth-order valence-electron chi connectivity index (χ4n) is 1.41. The van der Waals surface area contributed by atoms with Gasteiger partial charge in [-0.1, -0.05) is 6.92 Å². The van der Waals surface area contributed by atoms with E-state index in [2.05, 4.69) is 5.32 Å². The highest BCUT2D eigenvalue weighted by Gasteiger charge is 2.33. The Balaban J connectivity index is 2.40. The number of hydrogen-bond acceptors (Lipinski definition) is 4. The van der Waals surface area contributed by atoms with E-state index in [0.29, 0.717) is 24.6 Å². The van der Waals surface area contributed by atoms with E-state index in [1.54, 1.807) is 0 Å². The largest absolute Gasteiger partial charge is 0.480 e. The minimum absolute atomic E-state index is 0.0756. The van der Waals surface area contributed by atoms with Crippen molar-refractivity contribution in [1.29, 1.82) is 0 Å². The third-order valence-corrected chi connectivity index (χ3v) is 3.27. The van der Waals surface area contributed by atoms with Gasteiger partial charge in [-0.3, -0.25) is 4.79 Å². The van der Waals surface area contributed by atoms with Gasteiger partial charge in [-0.2, -0.15) is 0 Å². The van der Waals surface area contributed by atoms with Gasteiger partial charge in [-0.25, -0.2) is 4.79 Å². The van der Waals surface area contributed by atoms with Crippen LogP contribution in [0.3, 0.4) is 0 Å². The lowest BCUT2D eigenvalue weighted by Gasteiger charge is -2.20. The second-order valence-electron chi connectivity index (χ2n) is 3.32. The first-order valence-corrected chi connectivity index (χ1v) is 6.13. The summed E-state index contributed by atoms with van der Waals surface area (Å²) in [7, 11) is 0. The quantitative estimate of drug-likeness (QED) is 0.652. The SMILES string of the molecule is CCNCCC(=O)N1CSCC1C(=O)O. The molecule has 1 unspecified atom stereocenters. The van der Waals surface area contributed by atoms with E-state index < -0.39 is 12.0 Å². The van der Waals surface area contributed by atoms with E-state index in [-0.39, 0.29) is 5.91 Å². The fraction of sp³-hybridized carbons (Fsp3) is 0.778. The molecule has 1 atom stereocenters. The monoisotopic (exact) mass is 232 g/mol. The maximum Gasteiger partial charge on any atom is 0.327 e. The van der Waals surface area contributed by atoms with Crippen molar-refractivity contribution in [2.45, 2.75) is 19.4 Å². The van der Waals surface area contributed by atoms with Gasteiger partial charge >= 0.3 is 5.97 Å². The molecule has 1 aliphatic rings. The van der Waals surface area contributed by atoms with E-state index in [4.69, 9.17) is 5.11 Å². The molecule has 0 aliphatic carbocycles. The first kappa shape index (κ1) is 12.3. The molecule has 0 saturated carbocycles. The summed E-state index contributed by atoms with van der Waals surface area (Å²) in [6.07, 6.45) is 0.373. The van der Waals surface area contributed by atoms with Gasteiger partial charge in [-0.05, 0) is 6.54 Å². The summed E-state index contributed by atoms with van der Waals surface area (Å²) in [5, 5.41) is 11.9. The van der Waals surface area contributed by atoms with Crippen molar-refractivity contribution in [1.82, 2.24) is 10.2 Å². The van der Waals surface area contributed by atoms with E-state index >= 15 is 0 Å². The normalized spacial score (nSPS) is 20.6. The van der Waals surface area contributed by atoms with Crippen molar-refractivity contribution < 1.29 is 14.7 Å². The van der Waals surface area contributed by atoms with Crippen LogP contribution in [0.15, 0.2) is 0 Å². The van der Waals surface area contributed by atoms with Crippen LogP contribution in [0.4, 0.5) is 0 Å². The molecule has 2 N–H and O–H groups in total. The van der Waals surface area contributed by atoms with Crippen molar-refractivity contribution >= 4 is 23.6 Å². The summed E-state index contributed by atoms with van der Waals surface area (Å²) in [6.45, 7) is 3.41. The Morgan fingerprint density at radius 3 is 2.93 bits per heavy atom. The summed E-state index contributed by atoms with van der Waals surface area (Å²) in [6, 6.07) is -0.635. The number of thioether (sulfide) groups is 1. The lowest BCUT2D eigenvalue weighted by atomic mass is 10.2. The molecule has 6 heteroatoms. The third-order valence-electron chi connectivity index (χ3n) is 2.25. The van der Waals surface area contributed by atoms with Gasteiger partial charge in [0.2, 0.25) is 5.91 Å². The highest BCUT2D eigenvalue weighted by Crippen LogP contribution is 2.21. The lowest BCUT2D eigenvalue weighted by molar-refractivity contribution is -0.147. The molecule has 1 saturated heterocycles. The molecular weight excluding hydrogens is 216 g/mol. The van der Waals surface area contributed by atoms with Crippen molar-refractivity contribution in [2.24, 2.45) is 0 Å². The number of carboxylic acids is 1. The molecule has 0 aromatic carbocycles. The molecule has 0 radical (unpaired) electrons. The van der Waals surface area contributed by atoms with Crippen molar-refractivity contribution in [3.8, 4) is 0 Å². The summed E-state index contributed by atoms with van der Waals surface area (Å²) in [5.74, 6) is 0.0228. The molecule has 1 heterocycles. The van der Waals surface area contributed by atoms with Crippen LogP contribution in [-0.4, -0.2) is 52.6 Å². The Morgan fingerprint density at radius 1 is 1.60 bits per heavy atom. The zero-order valence-corrected chi connectivity index (χ0v) is 9.55. The predicted octanol–water partition coefficient (Wildman–Crippen LogP) is -0.0279. The Hall–Kier alpha value is -0.750. The van der Waals surface area contributed by atoms with E-state index in [1.807, 2.05) is 6.92 Å². The second-order valence-corrected chi connectivity index (χ2v) is 4.32. The van der Waals surface area contributed by atoms with Crippen LogP contribution in [0.5, 0.6) is 0 Å². The molecule has 5 nitrogen and oxygen atoms in total. The van der Waals surface area contributed by atoms with E-state index in [0.717, 1.165) is 6.54 Å². The molecule has 1 rings (SSSR count). The van der Waals surface area contributed by atoms with Gasteiger partial charge in [0.15, 0.2) is 0 Å². The third kappa shape index (κ3) is 3.39. The number of nitrogens with one attached hydrogen (secondary N) is 1. The molecule has 86 valence electrons. The number of nitrogens with zero attached hydrogens (tertiary/aromatic N) is 1. The zero-order chi connectivity index (χ0) is 11.3. The average Bonchev–Trinajstić information content (AvgIpc) is 2.66. The van der Waals surface area contributed by atoms with Crippen LogP contribution in [0.25, 0.3) is 0 Å². The molecule has 1 amide bonds. The second kappa shape index (κ2) is 5.97. The Labute approximate surface area is 93.2 Å². The number of aliphatic carboxylic acids is 1. The van der Waals surface area contributed by atoms with Gasteiger partial charge in [0.25, 0.3) is 0 Å². The number of carbonyl (C=O) groups excluding carboxylic acids is 1. The Morgan fingerprint density at radius 2 is 2.33 bits per heavy atom. The molecule has 0 aromatic rings. The minimum atomic E-state index is -0.906. The standard InChI is InChI=1S/C9H16N2O3S/c1-2-10-4-3-8(12)11-6-15-5-7(11)9(13)14/h7,10H,2-6H2,1H3,(H,13,14). The molecule has 1 aliphatic heterocycles. The van der Waals surface area contributed by atoms with Crippen LogP contribution in [-0.2, 0) is 9.59 Å². The van der Waals surface area contributed by atoms with Crippen LogP contribution in [0.1, 0.15) is 13.3 Å². The average molecular weight is 232 g/mol. The summed E-state index contributed by atoms with van der Waals surface area (Å²) in [5.41, 5.74) is 0. The lowest BCUT2D eigenvalue weighted by Crippen LogP contribution is -2.42. The van der Waals surface area contributed by atoms with Crippen molar-refractivity contribution in [3.05, 3.63) is 0 Å². The fourth-order valence-corrected chi connectivity index (χ4v) is 2.58. The first-order valence-electron chi connectivity index (χ1n) is 4.97. The van der Waals surface area contributed by atoms with Crippen LogP contribution in [0, 0.1) is 0 Å². The number of carboxylic acid groups (broad SMARTS) is 1. The van der Waals surface area contributed by atoms with E-state index in [9.17, 15) is 9.59 Å². The summed E-state index contributed by atoms with van der Waals surface area (Å²) < 4.78 is 0. The maximum absolute atomic E-state index is 11.6. The van der Waals surface area contributed by atoms with Crippen molar-refractivity contribution in [3.63, 3.8) is 0 Å². The predicted molar refractivity (Wildman–Crippen MR) is 58.8 cm³/mol.